The maximum Gasteiger partial charge on any atom is 0.417 e. The van der Waals surface area contributed by atoms with Crippen molar-refractivity contribution in [2.75, 3.05) is 12.5 Å². The minimum Gasteiger partial charge on any atom is -0.447 e. The lowest BCUT2D eigenvalue weighted by molar-refractivity contribution is -0.127. The Hall–Kier alpha value is -0.770. The second-order valence-electron chi connectivity index (χ2n) is 3.29. The highest BCUT2D eigenvalue weighted by atomic mass is 35.5. The minimum atomic E-state index is -0.579. The Balaban J connectivity index is 2.77. The highest BCUT2D eigenvalue weighted by Gasteiger charge is 2.38. The second kappa shape index (κ2) is 3.96. The number of amides is 2. The topological polar surface area (TPSA) is 46.6 Å². The van der Waals surface area contributed by atoms with E-state index < -0.39 is 6.09 Å². The summed E-state index contributed by atoms with van der Waals surface area (Å²) >= 11 is 5.37. The van der Waals surface area contributed by atoms with Gasteiger partial charge >= 0.3 is 6.09 Å². The molecule has 0 radical (unpaired) electrons. The summed E-state index contributed by atoms with van der Waals surface area (Å²) in [5, 5.41) is 0. The molecule has 0 spiro atoms. The normalized spacial score (nSPS) is 22.3. The molecule has 0 aromatic heterocycles. The molecule has 1 fully saturated rings. The zero-order valence-electron chi connectivity index (χ0n) is 7.62. The van der Waals surface area contributed by atoms with E-state index in [9.17, 15) is 9.59 Å². The molecule has 0 aromatic rings. The van der Waals surface area contributed by atoms with Crippen molar-refractivity contribution in [3.63, 3.8) is 0 Å². The third-order valence-corrected chi connectivity index (χ3v) is 2.29. The van der Waals surface area contributed by atoms with E-state index in [1.54, 1.807) is 0 Å². The fraction of sp³-hybridized carbons (Fsp3) is 0.750. The lowest BCUT2D eigenvalue weighted by atomic mass is 10.0. The molecule has 0 bridgehead atoms. The average Bonchev–Trinajstić information content (AvgIpc) is 2.46. The molecule has 0 N–H and O–H groups in total. The van der Waals surface area contributed by atoms with Gasteiger partial charge in [0.2, 0.25) is 5.91 Å². The molecule has 0 saturated carbocycles. The van der Waals surface area contributed by atoms with Crippen LogP contribution in [0.3, 0.4) is 0 Å². The first-order valence-corrected chi connectivity index (χ1v) is 4.66. The van der Waals surface area contributed by atoms with Crippen LogP contribution in [0.2, 0.25) is 0 Å². The number of hydrogen-bond donors (Lipinski definition) is 0. The van der Waals surface area contributed by atoms with Gasteiger partial charge in [-0.15, -0.1) is 11.6 Å². The number of alkyl halides is 1. The number of carbonyl (C=O) groups is 2. The number of carbonyl (C=O) groups excluding carboxylic acids is 2. The van der Waals surface area contributed by atoms with Crippen molar-refractivity contribution in [1.29, 1.82) is 0 Å². The smallest absolute Gasteiger partial charge is 0.417 e. The van der Waals surface area contributed by atoms with Crippen molar-refractivity contribution in [3.8, 4) is 0 Å². The summed E-state index contributed by atoms with van der Waals surface area (Å²) < 4.78 is 4.77. The summed E-state index contributed by atoms with van der Waals surface area (Å²) in [6.07, 6.45) is -0.579. The number of cyclic esters (lactones) is 1. The molecule has 74 valence electrons. The van der Waals surface area contributed by atoms with Gasteiger partial charge in [-0.25, -0.2) is 9.69 Å². The van der Waals surface area contributed by atoms with Gasteiger partial charge in [-0.2, -0.15) is 0 Å². The lowest BCUT2D eigenvalue weighted by Gasteiger charge is -2.21. The van der Waals surface area contributed by atoms with Gasteiger partial charge in [0, 0.05) is 0 Å². The molecule has 1 aliphatic rings. The van der Waals surface area contributed by atoms with Gasteiger partial charge in [-0.05, 0) is 5.92 Å². The van der Waals surface area contributed by atoms with Crippen LogP contribution in [-0.2, 0) is 9.53 Å². The van der Waals surface area contributed by atoms with Crippen LogP contribution in [-0.4, -0.2) is 35.4 Å². The molecule has 1 saturated heterocycles. The van der Waals surface area contributed by atoms with Gasteiger partial charge in [-0.3, -0.25) is 4.79 Å². The van der Waals surface area contributed by atoms with Crippen LogP contribution in [0.25, 0.3) is 0 Å². The van der Waals surface area contributed by atoms with Crippen molar-refractivity contribution >= 4 is 23.6 Å². The van der Waals surface area contributed by atoms with Gasteiger partial charge in [0.05, 0.1) is 6.04 Å². The van der Waals surface area contributed by atoms with Crippen molar-refractivity contribution < 1.29 is 14.3 Å². The lowest BCUT2D eigenvalue weighted by Crippen LogP contribution is -2.42. The first-order chi connectivity index (χ1) is 6.07. The van der Waals surface area contributed by atoms with Crippen LogP contribution >= 0.6 is 11.6 Å². The van der Waals surface area contributed by atoms with Crippen LogP contribution in [0, 0.1) is 5.92 Å². The monoisotopic (exact) mass is 205 g/mol. The Bertz CT molecular complexity index is 229. The molecule has 13 heavy (non-hydrogen) atoms. The van der Waals surface area contributed by atoms with E-state index in [-0.39, 0.29) is 30.4 Å². The predicted molar refractivity (Wildman–Crippen MR) is 47.5 cm³/mol. The molecule has 0 aromatic carbocycles. The third kappa shape index (κ3) is 1.94. The Morgan fingerprint density at radius 2 is 2.38 bits per heavy atom. The number of imide groups is 1. The number of halogens is 1. The molecule has 1 atom stereocenters. The highest BCUT2D eigenvalue weighted by Crippen LogP contribution is 2.19. The Morgan fingerprint density at radius 3 is 2.85 bits per heavy atom. The average molecular weight is 206 g/mol. The molecule has 2 amide bonds. The predicted octanol–water partition coefficient (Wildman–Crippen LogP) is 1.23. The summed E-state index contributed by atoms with van der Waals surface area (Å²) in [6.45, 7) is 4.14. The van der Waals surface area contributed by atoms with Gasteiger partial charge in [0.25, 0.3) is 0 Å². The number of hydrogen-bond acceptors (Lipinski definition) is 3. The molecular weight excluding hydrogens is 194 g/mol. The molecular formula is C8H12ClNO3. The van der Waals surface area contributed by atoms with Crippen molar-refractivity contribution in [2.24, 2.45) is 5.92 Å². The van der Waals surface area contributed by atoms with Crippen molar-refractivity contribution in [3.05, 3.63) is 0 Å². The zero-order valence-corrected chi connectivity index (χ0v) is 8.37. The fourth-order valence-corrected chi connectivity index (χ4v) is 1.41. The molecule has 5 heteroatoms. The van der Waals surface area contributed by atoms with E-state index in [2.05, 4.69) is 0 Å². The van der Waals surface area contributed by atoms with Crippen LogP contribution < -0.4 is 0 Å². The Labute approximate surface area is 81.8 Å². The maximum atomic E-state index is 11.2. The summed E-state index contributed by atoms with van der Waals surface area (Å²) in [5.41, 5.74) is 0. The largest absolute Gasteiger partial charge is 0.447 e. The van der Waals surface area contributed by atoms with Crippen LogP contribution in [0.15, 0.2) is 0 Å². The minimum absolute atomic E-state index is 0.168. The zero-order chi connectivity index (χ0) is 10.0. The Kier molecular flexibility index (Phi) is 3.14. The van der Waals surface area contributed by atoms with Crippen molar-refractivity contribution in [2.45, 2.75) is 19.9 Å². The fourth-order valence-electron chi connectivity index (χ4n) is 1.28. The molecule has 1 unspecified atom stereocenters. The highest BCUT2D eigenvalue weighted by molar-refractivity contribution is 6.28. The molecule has 1 aliphatic heterocycles. The summed E-state index contributed by atoms with van der Waals surface area (Å²) in [4.78, 5) is 23.5. The standard InChI is InChI=1S/C8H12ClNO3/c1-5(2)6-4-13-8(12)10(6)7(11)3-9/h5-6H,3-4H2,1-2H3. The molecule has 1 rings (SSSR count). The van der Waals surface area contributed by atoms with E-state index in [4.69, 9.17) is 16.3 Å². The van der Waals surface area contributed by atoms with E-state index in [0.29, 0.717) is 0 Å². The van der Waals surface area contributed by atoms with E-state index >= 15 is 0 Å². The van der Waals surface area contributed by atoms with E-state index in [0.717, 1.165) is 4.90 Å². The van der Waals surface area contributed by atoms with Gasteiger partial charge in [0.15, 0.2) is 0 Å². The van der Waals surface area contributed by atoms with Gasteiger partial charge < -0.3 is 4.74 Å². The number of rotatable bonds is 2. The summed E-state index contributed by atoms with van der Waals surface area (Å²) in [5.74, 6) is -0.375. The Morgan fingerprint density at radius 1 is 1.77 bits per heavy atom. The van der Waals surface area contributed by atoms with Crippen molar-refractivity contribution in [1.82, 2.24) is 4.90 Å². The number of ether oxygens (including phenoxy) is 1. The van der Waals surface area contributed by atoms with Crippen LogP contribution in [0.5, 0.6) is 0 Å². The molecule has 1 heterocycles. The maximum absolute atomic E-state index is 11.2. The van der Waals surface area contributed by atoms with Gasteiger partial charge in [0.1, 0.15) is 12.5 Å². The molecule has 4 nitrogen and oxygen atoms in total. The van der Waals surface area contributed by atoms with E-state index in [1.165, 1.54) is 0 Å². The SMILES string of the molecule is CC(C)C1COC(=O)N1C(=O)CCl. The summed E-state index contributed by atoms with van der Waals surface area (Å²) in [6, 6.07) is -0.168. The van der Waals surface area contributed by atoms with Crippen LogP contribution in [0.4, 0.5) is 4.79 Å². The van der Waals surface area contributed by atoms with E-state index in [1.807, 2.05) is 13.8 Å². The summed E-state index contributed by atoms with van der Waals surface area (Å²) in [7, 11) is 0. The third-order valence-electron chi connectivity index (χ3n) is 2.06. The first kappa shape index (κ1) is 10.3. The number of nitrogens with zero attached hydrogens (tertiary/aromatic N) is 1. The van der Waals surface area contributed by atoms with Gasteiger partial charge in [-0.1, -0.05) is 13.8 Å². The molecule has 0 aliphatic carbocycles. The first-order valence-electron chi connectivity index (χ1n) is 4.12. The van der Waals surface area contributed by atoms with Crippen LogP contribution in [0.1, 0.15) is 13.8 Å². The second-order valence-corrected chi connectivity index (χ2v) is 3.55. The quantitative estimate of drug-likeness (QED) is 0.637.